The van der Waals surface area contributed by atoms with Crippen LogP contribution in [0.1, 0.15) is 11.8 Å². The van der Waals surface area contributed by atoms with Crippen LogP contribution in [0.4, 0.5) is 0 Å². The summed E-state index contributed by atoms with van der Waals surface area (Å²) in [4.78, 5) is 0. The van der Waals surface area contributed by atoms with Gasteiger partial charge in [-0.15, -0.1) is 0 Å². The van der Waals surface area contributed by atoms with E-state index >= 15 is 0 Å². The molecule has 0 amide bonds. The maximum absolute atomic E-state index is 9.27. The zero-order chi connectivity index (χ0) is 8.27. The summed E-state index contributed by atoms with van der Waals surface area (Å²) in [6.07, 6.45) is -0.934. The molecule has 0 aliphatic rings. The standard InChI is InChI=1S/C8H11NO2/c1-9(11)8(10)7-5-3-2-4-6-7/h2-6,8,10-11H,1H3. The molecule has 0 saturated carbocycles. The Morgan fingerprint density at radius 3 is 2.27 bits per heavy atom. The predicted molar refractivity (Wildman–Crippen MR) is 41.0 cm³/mol. The third-order valence-corrected chi connectivity index (χ3v) is 1.45. The van der Waals surface area contributed by atoms with E-state index < -0.39 is 6.23 Å². The van der Waals surface area contributed by atoms with Gasteiger partial charge in [-0.1, -0.05) is 30.3 Å². The summed E-state index contributed by atoms with van der Waals surface area (Å²) in [6.45, 7) is 0. The van der Waals surface area contributed by atoms with Gasteiger partial charge in [-0.05, 0) is 5.56 Å². The van der Waals surface area contributed by atoms with Gasteiger partial charge in [0.1, 0.15) is 0 Å². The fraction of sp³-hybridized carbons (Fsp3) is 0.250. The van der Waals surface area contributed by atoms with Crippen LogP contribution in [0.2, 0.25) is 0 Å². The highest BCUT2D eigenvalue weighted by Crippen LogP contribution is 2.12. The molecule has 1 rings (SSSR count). The van der Waals surface area contributed by atoms with Crippen LogP contribution in [0.5, 0.6) is 0 Å². The van der Waals surface area contributed by atoms with E-state index in [0.717, 1.165) is 5.06 Å². The van der Waals surface area contributed by atoms with Gasteiger partial charge in [0.25, 0.3) is 0 Å². The van der Waals surface area contributed by atoms with E-state index in [9.17, 15) is 5.11 Å². The van der Waals surface area contributed by atoms with Crippen molar-refractivity contribution in [2.75, 3.05) is 7.05 Å². The second-order valence-corrected chi connectivity index (χ2v) is 2.36. The maximum Gasteiger partial charge on any atom is 0.155 e. The predicted octanol–water partition coefficient (Wildman–Crippen LogP) is 0.998. The summed E-state index contributed by atoms with van der Waals surface area (Å²) in [5.74, 6) is 0. The fourth-order valence-corrected chi connectivity index (χ4v) is 0.841. The molecule has 0 aromatic heterocycles. The van der Waals surface area contributed by atoms with E-state index in [4.69, 9.17) is 5.21 Å². The number of aliphatic hydroxyl groups is 1. The summed E-state index contributed by atoms with van der Waals surface area (Å²) in [5, 5.41) is 18.9. The van der Waals surface area contributed by atoms with Crippen molar-refractivity contribution in [2.45, 2.75) is 6.23 Å². The number of aliphatic hydroxyl groups excluding tert-OH is 1. The number of nitrogens with zero attached hydrogens (tertiary/aromatic N) is 1. The molecule has 1 aromatic rings. The van der Waals surface area contributed by atoms with Gasteiger partial charge in [0.15, 0.2) is 6.23 Å². The highest BCUT2D eigenvalue weighted by atomic mass is 16.5. The Kier molecular flexibility index (Phi) is 2.59. The van der Waals surface area contributed by atoms with Crippen LogP contribution in [0, 0.1) is 0 Å². The second kappa shape index (κ2) is 3.48. The summed E-state index contributed by atoms with van der Waals surface area (Å²) in [6, 6.07) is 8.96. The largest absolute Gasteiger partial charge is 0.372 e. The Morgan fingerprint density at radius 2 is 1.82 bits per heavy atom. The lowest BCUT2D eigenvalue weighted by Crippen LogP contribution is -2.19. The van der Waals surface area contributed by atoms with Gasteiger partial charge in [0.05, 0.1) is 0 Å². The minimum Gasteiger partial charge on any atom is -0.372 e. The molecule has 3 nitrogen and oxygen atoms in total. The maximum atomic E-state index is 9.27. The average Bonchev–Trinajstić information content (AvgIpc) is 2.05. The molecule has 0 heterocycles. The topological polar surface area (TPSA) is 43.7 Å². The molecule has 0 aliphatic heterocycles. The first-order valence-electron chi connectivity index (χ1n) is 3.36. The Hall–Kier alpha value is -0.900. The second-order valence-electron chi connectivity index (χ2n) is 2.36. The lowest BCUT2D eigenvalue weighted by atomic mass is 10.2. The average molecular weight is 153 g/mol. The van der Waals surface area contributed by atoms with Gasteiger partial charge < -0.3 is 10.3 Å². The third-order valence-electron chi connectivity index (χ3n) is 1.45. The van der Waals surface area contributed by atoms with Crippen molar-refractivity contribution in [3.8, 4) is 0 Å². The van der Waals surface area contributed by atoms with Crippen LogP contribution in [0.3, 0.4) is 0 Å². The zero-order valence-electron chi connectivity index (χ0n) is 6.31. The van der Waals surface area contributed by atoms with Crippen LogP contribution in [-0.4, -0.2) is 22.4 Å². The Morgan fingerprint density at radius 1 is 1.27 bits per heavy atom. The number of rotatable bonds is 2. The number of hydroxylamine groups is 2. The normalized spacial score (nSPS) is 13.5. The molecule has 0 fully saturated rings. The molecule has 60 valence electrons. The first kappa shape index (κ1) is 8.20. The van der Waals surface area contributed by atoms with Crippen LogP contribution in [-0.2, 0) is 0 Å². The molecule has 0 aliphatic carbocycles. The van der Waals surface area contributed by atoms with Crippen molar-refractivity contribution in [1.29, 1.82) is 0 Å². The van der Waals surface area contributed by atoms with E-state index in [0.29, 0.717) is 5.56 Å². The first-order chi connectivity index (χ1) is 5.22. The molecule has 0 bridgehead atoms. The van der Waals surface area contributed by atoms with Crippen molar-refractivity contribution in [2.24, 2.45) is 0 Å². The summed E-state index contributed by atoms with van der Waals surface area (Å²) < 4.78 is 0. The molecule has 0 radical (unpaired) electrons. The van der Waals surface area contributed by atoms with Crippen molar-refractivity contribution in [1.82, 2.24) is 5.06 Å². The van der Waals surface area contributed by atoms with Crippen LogP contribution in [0.15, 0.2) is 30.3 Å². The lowest BCUT2D eigenvalue weighted by molar-refractivity contribution is -0.180. The van der Waals surface area contributed by atoms with E-state index in [1.54, 1.807) is 12.1 Å². The summed E-state index contributed by atoms with van der Waals surface area (Å²) in [5.41, 5.74) is 0.678. The smallest absolute Gasteiger partial charge is 0.155 e. The van der Waals surface area contributed by atoms with Crippen LogP contribution < -0.4 is 0 Å². The van der Waals surface area contributed by atoms with Crippen molar-refractivity contribution < 1.29 is 10.3 Å². The highest BCUT2D eigenvalue weighted by molar-refractivity contribution is 5.16. The Balaban J connectivity index is 2.77. The van der Waals surface area contributed by atoms with Crippen molar-refractivity contribution >= 4 is 0 Å². The molecule has 1 unspecified atom stereocenters. The number of benzene rings is 1. The number of hydrogen-bond donors (Lipinski definition) is 2. The number of hydrogen-bond acceptors (Lipinski definition) is 3. The molecule has 0 saturated heterocycles. The van der Waals surface area contributed by atoms with E-state index in [1.807, 2.05) is 18.2 Å². The van der Waals surface area contributed by atoms with E-state index in [-0.39, 0.29) is 0 Å². The Bertz CT molecular complexity index is 211. The minimum atomic E-state index is -0.934. The molecular formula is C8H11NO2. The molecule has 1 atom stereocenters. The lowest BCUT2D eigenvalue weighted by Gasteiger charge is -2.16. The monoisotopic (exact) mass is 153 g/mol. The molecule has 0 spiro atoms. The van der Waals surface area contributed by atoms with E-state index in [2.05, 4.69) is 0 Å². The molecule has 1 aromatic carbocycles. The first-order valence-corrected chi connectivity index (χ1v) is 3.36. The third kappa shape index (κ3) is 2.01. The summed E-state index contributed by atoms with van der Waals surface area (Å²) >= 11 is 0. The summed E-state index contributed by atoms with van der Waals surface area (Å²) in [7, 11) is 1.40. The molecule has 11 heavy (non-hydrogen) atoms. The zero-order valence-corrected chi connectivity index (χ0v) is 6.31. The Labute approximate surface area is 65.5 Å². The van der Waals surface area contributed by atoms with E-state index in [1.165, 1.54) is 7.05 Å². The molecule has 2 N–H and O–H groups in total. The van der Waals surface area contributed by atoms with Crippen LogP contribution in [0.25, 0.3) is 0 Å². The SMILES string of the molecule is CN(O)C(O)c1ccccc1. The van der Waals surface area contributed by atoms with Gasteiger partial charge in [-0.25, -0.2) is 0 Å². The fourth-order valence-electron chi connectivity index (χ4n) is 0.841. The van der Waals surface area contributed by atoms with Gasteiger partial charge in [0.2, 0.25) is 0 Å². The quantitative estimate of drug-likeness (QED) is 0.492. The van der Waals surface area contributed by atoms with Gasteiger partial charge >= 0.3 is 0 Å². The molecular weight excluding hydrogens is 142 g/mol. The van der Waals surface area contributed by atoms with Gasteiger partial charge in [0, 0.05) is 7.05 Å². The highest BCUT2D eigenvalue weighted by Gasteiger charge is 2.08. The van der Waals surface area contributed by atoms with Gasteiger partial charge in [-0.2, -0.15) is 5.06 Å². The van der Waals surface area contributed by atoms with Crippen molar-refractivity contribution in [3.05, 3.63) is 35.9 Å². The van der Waals surface area contributed by atoms with Gasteiger partial charge in [-0.3, -0.25) is 0 Å². The minimum absolute atomic E-state index is 0.678. The molecule has 3 heteroatoms. The van der Waals surface area contributed by atoms with Crippen molar-refractivity contribution in [3.63, 3.8) is 0 Å². The van der Waals surface area contributed by atoms with Crippen LogP contribution >= 0.6 is 0 Å².